The number of fused-ring (bicyclic) bond motifs is 1. The van der Waals surface area contributed by atoms with Crippen LogP contribution in [0.3, 0.4) is 0 Å². The summed E-state index contributed by atoms with van der Waals surface area (Å²) in [6.07, 6.45) is -2.06. The van der Waals surface area contributed by atoms with Crippen LogP contribution in [0, 0.1) is 11.3 Å². The van der Waals surface area contributed by atoms with Gasteiger partial charge in [0, 0.05) is 18.0 Å². The summed E-state index contributed by atoms with van der Waals surface area (Å²) in [4.78, 5) is 30.3. The molecule has 6 nitrogen and oxygen atoms in total. The molecule has 11 heteroatoms. The Morgan fingerprint density at radius 1 is 1.18 bits per heavy atom. The maximum absolute atomic E-state index is 13.6. The first kappa shape index (κ1) is 26.7. The lowest BCUT2D eigenvalue weighted by atomic mass is 9.99. The van der Waals surface area contributed by atoms with E-state index in [0.29, 0.717) is 22.0 Å². The Hall–Kier alpha value is -4.33. The third kappa shape index (κ3) is 5.80. The minimum absolute atomic E-state index is 0.190. The number of carbonyl (C=O) groups is 2. The van der Waals surface area contributed by atoms with Crippen molar-refractivity contribution in [3.63, 3.8) is 0 Å². The summed E-state index contributed by atoms with van der Waals surface area (Å²) in [5, 5.41) is 12.0. The molecule has 2 aromatic carbocycles. The number of likely N-dealkylation sites (tertiary alicyclic amines) is 1. The van der Waals surface area contributed by atoms with Crippen LogP contribution in [0.25, 0.3) is 22.6 Å². The number of aromatic nitrogens is 1. The fraction of sp³-hybridized carbons (Fsp3) is 0.259. The molecule has 2 heterocycles. The second-order valence-electron chi connectivity index (χ2n) is 8.95. The van der Waals surface area contributed by atoms with Crippen molar-refractivity contribution in [1.82, 2.24) is 15.2 Å². The quantitative estimate of drug-likeness (QED) is 0.360. The standard InChI is InChI=1S/C27H21F5N4O2/c1-16(10-17-2-5-19(6-3-17)27(30,31)32)18-4-7-23-22(11-18)21(8-9-34-23)25(38)35-14-24(37)36-15-26(28,29)12-20(36)13-33/h2-11,20H,12,14-15H2,1H3,(H,35,38). The monoisotopic (exact) mass is 528 g/mol. The zero-order valence-electron chi connectivity index (χ0n) is 20.0. The summed E-state index contributed by atoms with van der Waals surface area (Å²) >= 11 is 0. The molecular weight excluding hydrogens is 507 g/mol. The highest BCUT2D eigenvalue weighted by molar-refractivity contribution is 6.07. The Bertz CT molecular complexity index is 1460. The van der Waals surface area contributed by atoms with Gasteiger partial charge in [-0.2, -0.15) is 18.4 Å². The minimum atomic E-state index is -4.43. The smallest absolute Gasteiger partial charge is 0.343 e. The first-order valence-electron chi connectivity index (χ1n) is 11.5. The number of nitriles is 1. The lowest BCUT2D eigenvalue weighted by Gasteiger charge is -2.19. The van der Waals surface area contributed by atoms with Crippen molar-refractivity contribution in [2.24, 2.45) is 0 Å². The molecule has 38 heavy (non-hydrogen) atoms. The third-order valence-electron chi connectivity index (χ3n) is 6.20. The molecule has 2 amide bonds. The molecule has 1 N–H and O–H groups in total. The molecule has 1 aliphatic rings. The van der Waals surface area contributed by atoms with Crippen LogP contribution in [0.5, 0.6) is 0 Å². The Labute approximate surface area is 214 Å². The zero-order chi connectivity index (χ0) is 27.7. The second-order valence-corrected chi connectivity index (χ2v) is 8.95. The Balaban J connectivity index is 1.53. The highest BCUT2D eigenvalue weighted by atomic mass is 19.4. The molecule has 196 valence electrons. The normalized spacial score (nSPS) is 17.3. The summed E-state index contributed by atoms with van der Waals surface area (Å²) in [6, 6.07) is 11.7. The van der Waals surface area contributed by atoms with Gasteiger partial charge in [-0.15, -0.1) is 0 Å². The van der Waals surface area contributed by atoms with Crippen LogP contribution in [0.15, 0.2) is 54.7 Å². The van der Waals surface area contributed by atoms with Gasteiger partial charge in [-0.25, -0.2) is 8.78 Å². The summed E-state index contributed by atoms with van der Waals surface area (Å²) in [6.45, 7) is 0.320. The molecule has 1 atom stereocenters. The molecule has 1 aliphatic heterocycles. The number of benzene rings is 2. The van der Waals surface area contributed by atoms with E-state index in [1.54, 1.807) is 37.3 Å². The largest absolute Gasteiger partial charge is 0.416 e. The van der Waals surface area contributed by atoms with E-state index < -0.39 is 55.0 Å². The Morgan fingerprint density at radius 2 is 1.89 bits per heavy atom. The van der Waals surface area contributed by atoms with Crippen molar-refractivity contribution in [3.8, 4) is 6.07 Å². The topological polar surface area (TPSA) is 86.1 Å². The summed E-state index contributed by atoms with van der Waals surface area (Å²) in [5.41, 5.74) is 1.89. The molecule has 0 saturated carbocycles. The van der Waals surface area contributed by atoms with Crippen LogP contribution < -0.4 is 5.32 Å². The molecule has 1 saturated heterocycles. The zero-order valence-corrected chi connectivity index (χ0v) is 20.0. The van der Waals surface area contributed by atoms with Crippen molar-refractivity contribution in [2.45, 2.75) is 31.5 Å². The number of amides is 2. The number of carbonyl (C=O) groups excluding carboxylic acids is 2. The predicted molar refractivity (Wildman–Crippen MR) is 130 cm³/mol. The Kier molecular flexibility index (Phi) is 7.18. The third-order valence-corrected chi connectivity index (χ3v) is 6.20. The molecule has 0 bridgehead atoms. The molecule has 1 fully saturated rings. The lowest BCUT2D eigenvalue weighted by Crippen LogP contribution is -2.43. The molecule has 1 aromatic heterocycles. The van der Waals surface area contributed by atoms with Gasteiger partial charge in [0.2, 0.25) is 5.91 Å². The van der Waals surface area contributed by atoms with E-state index in [1.807, 2.05) is 0 Å². The van der Waals surface area contributed by atoms with E-state index in [-0.39, 0.29) is 5.56 Å². The Morgan fingerprint density at radius 3 is 2.55 bits per heavy atom. The molecule has 3 aromatic rings. The van der Waals surface area contributed by atoms with Crippen molar-refractivity contribution in [2.75, 3.05) is 13.1 Å². The van der Waals surface area contributed by atoms with Gasteiger partial charge in [0.25, 0.3) is 11.8 Å². The van der Waals surface area contributed by atoms with Gasteiger partial charge in [0.1, 0.15) is 6.04 Å². The fourth-order valence-corrected chi connectivity index (χ4v) is 4.24. The number of rotatable bonds is 5. The van der Waals surface area contributed by atoms with E-state index in [4.69, 9.17) is 5.26 Å². The first-order chi connectivity index (χ1) is 17.9. The van der Waals surface area contributed by atoms with Gasteiger partial charge in [-0.1, -0.05) is 24.3 Å². The lowest BCUT2D eigenvalue weighted by molar-refractivity contribution is -0.137. The molecule has 0 radical (unpaired) electrons. The van der Waals surface area contributed by atoms with E-state index in [9.17, 15) is 31.5 Å². The summed E-state index contributed by atoms with van der Waals surface area (Å²) in [7, 11) is 0. The van der Waals surface area contributed by atoms with Crippen LogP contribution in [-0.2, 0) is 11.0 Å². The van der Waals surface area contributed by atoms with Crippen molar-refractivity contribution < 1.29 is 31.5 Å². The minimum Gasteiger partial charge on any atom is -0.343 e. The van der Waals surface area contributed by atoms with E-state index in [0.717, 1.165) is 22.6 Å². The van der Waals surface area contributed by atoms with Crippen LogP contribution in [0.2, 0.25) is 0 Å². The maximum atomic E-state index is 13.6. The van der Waals surface area contributed by atoms with Crippen molar-refractivity contribution in [1.29, 1.82) is 5.26 Å². The number of nitrogens with zero attached hydrogens (tertiary/aromatic N) is 3. The SMILES string of the molecule is CC(=Cc1ccc(C(F)(F)F)cc1)c1ccc2nccc(C(=O)NCC(=O)N3CC(F)(F)CC3C#N)c2c1. The van der Waals surface area contributed by atoms with E-state index >= 15 is 0 Å². The molecular formula is C27H21F5N4O2. The number of pyridine rings is 1. The highest BCUT2D eigenvalue weighted by Gasteiger charge is 2.47. The van der Waals surface area contributed by atoms with Crippen LogP contribution in [0.1, 0.15) is 40.4 Å². The van der Waals surface area contributed by atoms with Gasteiger partial charge in [-0.05, 0) is 54.0 Å². The maximum Gasteiger partial charge on any atom is 0.416 e. The number of hydrogen-bond acceptors (Lipinski definition) is 4. The van der Waals surface area contributed by atoms with E-state index in [2.05, 4.69) is 10.3 Å². The number of allylic oxidation sites excluding steroid dienone is 1. The summed E-state index contributed by atoms with van der Waals surface area (Å²) in [5.74, 6) is -4.59. The van der Waals surface area contributed by atoms with Crippen LogP contribution in [-0.4, -0.2) is 46.8 Å². The number of hydrogen-bond donors (Lipinski definition) is 1. The van der Waals surface area contributed by atoms with Gasteiger partial charge in [0.15, 0.2) is 0 Å². The van der Waals surface area contributed by atoms with Gasteiger partial charge >= 0.3 is 6.18 Å². The fourth-order valence-electron chi connectivity index (χ4n) is 4.24. The van der Waals surface area contributed by atoms with Crippen LogP contribution in [0.4, 0.5) is 22.0 Å². The van der Waals surface area contributed by atoms with Crippen molar-refractivity contribution >= 4 is 34.4 Å². The average Bonchev–Trinajstić information content (AvgIpc) is 3.20. The molecule has 0 aliphatic carbocycles. The average molecular weight is 528 g/mol. The first-order valence-corrected chi connectivity index (χ1v) is 11.5. The highest BCUT2D eigenvalue weighted by Crippen LogP contribution is 2.32. The van der Waals surface area contributed by atoms with Crippen molar-refractivity contribution in [3.05, 3.63) is 77.0 Å². The van der Waals surface area contributed by atoms with E-state index in [1.165, 1.54) is 24.4 Å². The molecule has 4 rings (SSSR count). The summed E-state index contributed by atoms with van der Waals surface area (Å²) < 4.78 is 65.8. The molecule has 0 spiro atoms. The van der Waals surface area contributed by atoms with Crippen LogP contribution >= 0.6 is 0 Å². The molecule has 1 unspecified atom stereocenters. The van der Waals surface area contributed by atoms with Gasteiger partial charge < -0.3 is 10.2 Å². The van der Waals surface area contributed by atoms with Gasteiger partial charge in [0.05, 0.1) is 35.8 Å². The van der Waals surface area contributed by atoms with Gasteiger partial charge in [-0.3, -0.25) is 14.6 Å². The number of nitrogens with one attached hydrogen (secondary N) is 1. The second kappa shape index (κ2) is 10.2. The predicted octanol–water partition coefficient (Wildman–Crippen LogP) is 5.30. The number of halogens is 5. The number of alkyl halides is 5.